The van der Waals surface area contributed by atoms with Crippen LogP contribution in [0.4, 0.5) is 4.79 Å². The number of carbonyl (C=O) groups is 2. The van der Waals surface area contributed by atoms with Gasteiger partial charge in [0.2, 0.25) is 0 Å². The van der Waals surface area contributed by atoms with Gasteiger partial charge in [-0.2, -0.15) is 0 Å². The summed E-state index contributed by atoms with van der Waals surface area (Å²) in [6.07, 6.45) is 0.712. The van der Waals surface area contributed by atoms with Gasteiger partial charge in [0.25, 0.3) is 0 Å². The van der Waals surface area contributed by atoms with Crippen LogP contribution in [0.3, 0.4) is 0 Å². The maximum atomic E-state index is 12.3. The number of ether oxygens (including phenoxy) is 2. The molecule has 2 aromatic carbocycles. The molecule has 3 rings (SSSR count). The molecule has 0 spiro atoms. The van der Waals surface area contributed by atoms with E-state index in [1.807, 2.05) is 48.5 Å². The number of hydrogen-bond donors (Lipinski definition) is 2. The van der Waals surface area contributed by atoms with Crippen LogP contribution in [0.2, 0.25) is 0 Å². The van der Waals surface area contributed by atoms with Crippen molar-refractivity contribution in [2.75, 3.05) is 19.8 Å². The lowest BCUT2D eigenvalue weighted by atomic mass is 9.98. The molecule has 146 valence electrons. The third-order valence-corrected chi connectivity index (χ3v) is 4.82. The van der Waals surface area contributed by atoms with Crippen molar-refractivity contribution in [3.63, 3.8) is 0 Å². The predicted octanol–water partition coefficient (Wildman–Crippen LogP) is 3.57. The molecule has 1 aliphatic rings. The number of amides is 1. The maximum Gasteiger partial charge on any atom is 0.408 e. The van der Waals surface area contributed by atoms with Crippen molar-refractivity contribution in [2.24, 2.45) is 0 Å². The SMILES string of the molecule is C=CCOCC(C)(NC(=O)OCC1c2ccccc2-c2ccccc21)C(=O)O. The summed E-state index contributed by atoms with van der Waals surface area (Å²) in [5, 5.41) is 11.8. The van der Waals surface area contributed by atoms with E-state index in [1.54, 1.807) is 0 Å². The summed E-state index contributed by atoms with van der Waals surface area (Å²) in [5.74, 6) is -1.30. The minimum absolute atomic E-state index is 0.0914. The van der Waals surface area contributed by atoms with Crippen LogP contribution in [0, 0.1) is 0 Å². The van der Waals surface area contributed by atoms with Crippen LogP contribution in [-0.4, -0.2) is 42.5 Å². The third-order valence-electron chi connectivity index (χ3n) is 4.82. The Bertz CT molecular complexity index is 849. The molecule has 0 saturated carbocycles. The summed E-state index contributed by atoms with van der Waals surface area (Å²) < 4.78 is 10.6. The smallest absolute Gasteiger partial charge is 0.408 e. The Morgan fingerprint density at radius 3 is 2.25 bits per heavy atom. The van der Waals surface area contributed by atoms with Crippen molar-refractivity contribution in [1.82, 2.24) is 5.32 Å². The van der Waals surface area contributed by atoms with Crippen LogP contribution >= 0.6 is 0 Å². The fraction of sp³-hybridized carbons (Fsp3) is 0.273. The summed E-state index contributed by atoms with van der Waals surface area (Å²) in [4.78, 5) is 23.9. The molecule has 0 fully saturated rings. The van der Waals surface area contributed by atoms with E-state index >= 15 is 0 Å². The molecule has 0 saturated heterocycles. The Morgan fingerprint density at radius 2 is 1.71 bits per heavy atom. The summed E-state index contributed by atoms with van der Waals surface area (Å²) in [7, 11) is 0. The van der Waals surface area contributed by atoms with Crippen molar-refractivity contribution >= 4 is 12.1 Å². The number of rotatable bonds is 8. The van der Waals surface area contributed by atoms with E-state index in [4.69, 9.17) is 9.47 Å². The Balaban J connectivity index is 1.69. The highest BCUT2D eigenvalue weighted by molar-refractivity contribution is 5.84. The normalized spacial score (nSPS) is 14.5. The van der Waals surface area contributed by atoms with E-state index < -0.39 is 17.6 Å². The topological polar surface area (TPSA) is 84.9 Å². The summed E-state index contributed by atoms with van der Waals surface area (Å²) in [5.41, 5.74) is 2.84. The van der Waals surface area contributed by atoms with Gasteiger partial charge in [0.15, 0.2) is 5.54 Å². The van der Waals surface area contributed by atoms with Crippen molar-refractivity contribution in [3.05, 3.63) is 72.3 Å². The van der Waals surface area contributed by atoms with Gasteiger partial charge in [-0.1, -0.05) is 54.6 Å². The van der Waals surface area contributed by atoms with Crippen molar-refractivity contribution in [3.8, 4) is 11.1 Å². The molecule has 1 aliphatic carbocycles. The molecule has 28 heavy (non-hydrogen) atoms. The quantitative estimate of drug-likeness (QED) is 0.539. The van der Waals surface area contributed by atoms with E-state index in [0.29, 0.717) is 0 Å². The van der Waals surface area contributed by atoms with Gasteiger partial charge >= 0.3 is 12.1 Å². The zero-order valence-corrected chi connectivity index (χ0v) is 15.7. The number of benzene rings is 2. The zero-order chi connectivity index (χ0) is 20.1. The number of carboxylic acid groups (broad SMARTS) is 1. The molecule has 0 heterocycles. The zero-order valence-electron chi connectivity index (χ0n) is 15.7. The monoisotopic (exact) mass is 381 g/mol. The van der Waals surface area contributed by atoms with Crippen LogP contribution in [0.1, 0.15) is 24.0 Å². The number of hydrogen-bond acceptors (Lipinski definition) is 4. The average molecular weight is 381 g/mol. The Labute approximate surface area is 163 Å². The number of aliphatic carboxylic acids is 1. The lowest BCUT2D eigenvalue weighted by Gasteiger charge is -2.25. The summed E-state index contributed by atoms with van der Waals surface area (Å²) in [6.45, 7) is 4.99. The Kier molecular flexibility index (Phi) is 5.80. The summed E-state index contributed by atoms with van der Waals surface area (Å²) >= 11 is 0. The van der Waals surface area contributed by atoms with Crippen LogP contribution < -0.4 is 5.32 Å². The van der Waals surface area contributed by atoms with Crippen LogP contribution in [0.5, 0.6) is 0 Å². The van der Waals surface area contributed by atoms with E-state index in [2.05, 4.69) is 11.9 Å². The molecule has 0 aliphatic heterocycles. The first kappa shape index (κ1) is 19.6. The van der Waals surface area contributed by atoms with Crippen molar-refractivity contribution in [2.45, 2.75) is 18.4 Å². The number of fused-ring (bicyclic) bond motifs is 3. The molecule has 0 bridgehead atoms. The molecule has 1 unspecified atom stereocenters. The van der Waals surface area contributed by atoms with Crippen LogP contribution in [0.25, 0.3) is 11.1 Å². The Morgan fingerprint density at radius 1 is 1.14 bits per heavy atom. The van der Waals surface area contributed by atoms with Gasteiger partial charge in [-0.25, -0.2) is 9.59 Å². The fourth-order valence-electron chi connectivity index (χ4n) is 3.36. The number of carbonyl (C=O) groups excluding carboxylic acids is 1. The van der Waals surface area contributed by atoms with Gasteiger partial charge in [-0.15, -0.1) is 6.58 Å². The molecular weight excluding hydrogens is 358 g/mol. The molecular formula is C22H23NO5. The number of alkyl carbamates (subject to hydrolysis) is 1. The van der Waals surface area contributed by atoms with E-state index in [-0.39, 0.29) is 25.7 Å². The van der Waals surface area contributed by atoms with Crippen molar-refractivity contribution in [1.29, 1.82) is 0 Å². The molecule has 6 heteroatoms. The highest BCUT2D eigenvalue weighted by Crippen LogP contribution is 2.44. The molecule has 2 N–H and O–H groups in total. The van der Waals surface area contributed by atoms with Crippen LogP contribution in [0.15, 0.2) is 61.2 Å². The second-order valence-corrected chi connectivity index (χ2v) is 6.89. The number of carboxylic acids is 1. The van der Waals surface area contributed by atoms with Gasteiger partial charge < -0.3 is 19.9 Å². The third kappa shape index (κ3) is 3.92. The van der Waals surface area contributed by atoms with E-state index in [1.165, 1.54) is 13.0 Å². The fourth-order valence-corrected chi connectivity index (χ4v) is 3.36. The first-order chi connectivity index (χ1) is 13.5. The highest BCUT2D eigenvalue weighted by Gasteiger charge is 2.36. The van der Waals surface area contributed by atoms with Crippen molar-refractivity contribution < 1.29 is 24.2 Å². The Hall–Kier alpha value is -3.12. The van der Waals surface area contributed by atoms with E-state index in [0.717, 1.165) is 22.3 Å². The average Bonchev–Trinajstić information content (AvgIpc) is 3.00. The molecule has 0 radical (unpaired) electrons. The van der Waals surface area contributed by atoms with Gasteiger partial charge in [0.05, 0.1) is 13.2 Å². The van der Waals surface area contributed by atoms with E-state index in [9.17, 15) is 14.7 Å². The second kappa shape index (κ2) is 8.27. The highest BCUT2D eigenvalue weighted by atomic mass is 16.6. The lowest BCUT2D eigenvalue weighted by Crippen LogP contribution is -2.55. The molecule has 2 aromatic rings. The largest absolute Gasteiger partial charge is 0.479 e. The minimum Gasteiger partial charge on any atom is -0.479 e. The van der Waals surface area contributed by atoms with Crippen LogP contribution in [-0.2, 0) is 14.3 Å². The minimum atomic E-state index is -1.59. The molecule has 0 aromatic heterocycles. The van der Waals surface area contributed by atoms with Gasteiger partial charge in [0.1, 0.15) is 6.61 Å². The molecule has 1 amide bonds. The predicted molar refractivity (Wildman–Crippen MR) is 105 cm³/mol. The van der Waals surface area contributed by atoms with Gasteiger partial charge in [0, 0.05) is 5.92 Å². The van der Waals surface area contributed by atoms with Gasteiger partial charge in [-0.3, -0.25) is 0 Å². The standard InChI is InChI=1S/C22H23NO5/c1-3-12-27-14-22(2,20(24)25)23-21(26)28-13-19-17-10-6-4-8-15(17)16-9-5-7-11-18(16)19/h3-11,19H,1,12-14H2,2H3,(H,23,26)(H,24,25). The second-order valence-electron chi connectivity index (χ2n) is 6.89. The maximum absolute atomic E-state index is 12.3. The van der Waals surface area contributed by atoms with Gasteiger partial charge in [-0.05, 0) is 29.2 Å². The molecule has 6 nitrogen and oxygen atoms in total. The first-order valence-corrected chi connectivity index (χ1v) is 9.01. The summed E-state index contributed by atoms with van der Waals surface area (Å²) in [6, 6.07) is 16.0. The number of nitrogens with one attached hydrogen (secondary N) is 1. The first-order valence-electron chi connectivity index (χ1n) is 9.01. The lowest BCUT2D eigenvalue weighted by molar-refractivity contribution is -0.146. The molecule has 1 atom stereocenters.